The summed E-state index contributed by atoms with van der Waals surface area (Å²) < 4.78 is 22.9. The van der Waals surface area contributed by atoms with Gasteiger partial charge in [0, 0.05) is 24.2 Å². The molecule has 2 aromatic rings. The van der Waals surface area contributed by atoms with Crippen molar-refractivity contribution in [2.24, 2.45) is 0 Å². The number of ether oxygens (including phenoxy) is 4. The normalized spacial score (nSPS) is 15.8. The molecule has 1 heterocycles. The van der Waals surface area contributed by atoms with Crippen molar-refractivity contribution in [1.82, 2.24) is 4.90 Å². The molecule has 0 bridgehead atoms. The molecule has 1 aliphatic rings. The second-order valence-corrected chi connectivity index (χ2v) is 7.69. The van der Waals surface area contributed by atoms with Crippen molar-refractivity contribution < 1.29 is 23.7 Å². The molecule has 3 rings (SSSR count). The van der Waals surface area contributed by atoms with Crippen molar-refractivity contribution in [1.29, 1.82) is 0 Å². The predicted octanol–water partition coefficient (Wildman–Crippen LogP) is 4.30. The molecule has 1 saturated heterocycles. The Bertz CT molecular complexity index is 826. The minimum Gasteiger partial charge on any atom is -0.493 e. The van der Waals surface area contributed by atoms with Crippen LogP contribution in [0.2, 0.25) is 0 Å². The summed E-state index contributed by atoms with van der Waals surface area (Å²) in [6.07, 6.45) is 2.02. The Hall–Kier alpha value is -2.25. The van der Waals surface area contributed by atoms with Gasteiger partial charge in [0.1, 0.15) is 0 Å². The third kappa shape index (κ3) is 5.03. The molecule has 0 spiro atoms. The van der Waals surface area contributed by atoms with E-state index in [0.717, 1.165) is 29.5 Å². The van der Waals surface area contributed by atoms with E-state index in [2.05, 4.69) is 15.9 Å². The molecule has 1 aliphatic heterocycles. The fourth-order valence-electron chi connectivity index (χ4n) is 3.51. The van der Waals surface area contributed by atoms with Gasteiger partial charge in [0.15, 0.2) is 11.5 Å². The maximum absolute atomic E-state index is 13.3. The Morgan fingerprint density at radius 2 is 1.83 bits per heavy atom. The standard InChI is InChI=1S/C22H26BrNO5/c1-26-19-11-15(12-20(27-2)21(19)28-3)13-24(14-16-7-6-10-29-16)22(25)17-8-4-5-9-18(17)23/h4-5,8-9,11-12,16H,6-7,10,13-14H2,1-3H3. The van der Waals surface area contributed by atoms with Crippen LogP contribution in [0.15, 0.2) is 40.9 Å². The highest BCUT2D eigenvalue weighted by Gasteiger charge is 2.25. The first-order valence-electron chi connectivity index (χ1n) is 9.51. The van der Waals surface area contributed by atoms with Gasteiger partial charge in [0.25, 0.3) is 5.91 Å². The van der Waals surface area contributed by atoms with E-state index in [1.807, 2.05) is 41.3 Å². The van der Waals surface area contributed by atoms with Gasteiger partial charge >= 0.3 is 0 Å². The molecule has 0 radical (unpaired) electrons. The molecule has 1 atom stereocenters. The van der Waals surface area contributed by atoms with E-state index in [-0.39, 0.29) is 12.0 Å². The molecule has 29 heavy (non-hydrogen) atoms. The lowest BCUT2D eigenvalue weighted by Crippen LogP contribution is -2.37. The van der Waals surface area contributed by atoms with Crippen LogP contribution in [0, 0.1) is 0 Å². The van der Waals surface area contributed by atoms with Crippen LogP contribution in [0.25, 0.3) is 0 Å². The zero-order valence-corrected chi connectivity index (χ0v) is 18.5. The van der Waals surface area contributed by atoms with Crippen molar-refractivity contribution >= 4 is 21.8 Å². The SMILES string of the molecule is COc1cc(CN(CC2CCCO2)C(=O)c2ccccc2Br)cc(OC)c1OC. The fourth-order valence-corrected chi connectivity index (χ4v) is 3.96. The summed E-state index contributed by atoms with van der Waals surface area (Å²) in [6, 6.07) is 11.2. The molecule has 156 valence electrons. The minimum atomic E-state index is -0.0540. The third-order valence-electron chi connectivity index (χ3n) is 4.94. The Kier molecular flexibility index (Phi) is 7.39. The fraction of sp³-hybridized carbons (Fsp3) is 0.409. The van der Waals surface area contributed by atoms with Crippen LogP contribution < -0.4 is 14.2 Å². The molecule has 1 fully saturated rings. The van der Waals surface area contributed by atoms with E-state index >= 15 is 0 Å². The Morgan fingerprint density at radius 3 is 2.38 bits per heavy atom. The number of carbonyl (C=O) groups excluding carboxylic acids is 1. The van der Waals surface area contributed by atoms with E-state index in [4.69, 9.17) is 18.9 Å². The van der Waals surface area contributed by atoms with Gasteiger partial charge in [0.05, 0.1) is 33.0 Å². The highest BCUT2D eigenvalue weighted by Crippen LogP contribution is 2.38. The first-order valence-corrected chi connectivity index (χ1v) is 10.3. The number of halogens is 1. The number of nitrogens with zero attached hydrogens (tertiary/aromatic N) is 1. The molecule has 0 aliphatic carbocycles. The van der Waals surface area contributed by atoms with Crippen LogP contribution in [0.5, 0.6) is 17.2 Å². The van der Waals surface area contributed by atoms with Crippen LogP contribution in [0.4, 0.5) is 0 Å². The first kappa shape index (κ1) is 21.5. The van der Waals surface area contributed by atoms with E-state index in [1.165, 1.54) is 0 Å². The molecule has 1 unspecified atom stereocenters. The average Bonchev–Trinajstić information content (AvgIpc) is 3.25. The van der Waals surface area contributed by atoms with Gasteiger partial charge in [-0.25, -0.2) is 0 Å². The summed E-state index contributed by atoms with van der Waals surface area (Å²) in [5.74, 6) is 1.60. The second-order valence-electron chi connectivity index (χ2n) is 6.83. The number of hydrogen-bond acceptors (Lipinski definition) is 5. The predicted molar refractivity (Wildman–Crippen MR) is 114 cm³/mol. The van der Waals surface area contributed by atoms with Gasteiger partial charge in [-0.1, -0.05) is 12.1 Å². The Morgan fingerprint density at radius 1 is 1.14 bits per heavy atom. The lowest BCUT2D eigenvalue weighted by Gasteiger charge is -2.27. The Balaban J connectivity index is 1.92. The summed E-state index contributed by atoms with van der Waals surface area (Å²) >= 11 is 3.49. The molecule has 0 N–H and O–H groups in total. The summed E-state index contributed by atoms with van der Waals surface area (Å²) in [6.45, 7) is 1.67. The highest BCUT2D eigenvalue weighted by atomic mass is 79.9. The average molecular weight is 464 g/mol. The lowest BCUT2D eigenvalue weighted by atomic mass is 10.1. The van der Waals surface area contributed by atoms with Crippen LogP contribution in [-0.4, -0.2) is 51.4 Å². The molecular formula is C22H26BrNO5. The second kappa shape index (κ2) is 9.98. The minimum absolute atomic E-state index is 0.0449. The van der Waals surface area contributed by atoms with Gasteiger partial charge in [0.2, 0.25) is 5.75 Å². The van der Waals surface area contributed by atoms with Crippen LogP contribution in [-0.2, 0) is 11.3 Å². The Labute approximate surface area is 179 Å². The zero-order valence-electron chi connectivity index (χ0n) is 16.9. The van der Waals surface area contributed by atoms with Crippen molar-refractivity contribution in [3.05, 3.63) is 52.0 Å². The quantitative estimate of drug-likeness (QED) is 0.584. The lowest BCUT2D eigenvalue weighted by molar-refractivity contribution is 0.0506. The third-order valence-corrected chi connectivity index (χ3v) is 5.63. The van der Waals surface area contributed by atoms with Gasteiger partial charge in [-0.15, -0.1) is 0 Å². The summed E-state index contributed by atoms with van der Waals surface area (Å²) in [7, 11) is 4.73. The van der Waals surface area contributed by atoms with Crippen LogP contribution >= 0.6 is 15.9 Å². The summed E-state index contributed by atoms with van der Waals surface area (Å²) in [5, 5.41) is 0. The van der Waals surface area contributed by atoms with Crippen molar-refractivity contribution in [2.75, 3.05) is 34.5 Å². The maximum atomic E-state index is 13.3. The highest BCUT2D eigenvalue weighted by molar-refractivity contribution is 9.10. The monoisotopic (exact) mass is 463 g/mol. The number of rotatable bonds is 8. The van der Waals surface area contributed by atoms with Crippen molar-refractivity contribution in [2.45, 2.75) is 25.5 Å². The van der Waals surface area contributed by atoms with E-state index in [9.17, 15) is 4.79 Å². The number of hydrogen-bond donors (Lipinski definition) is 0. The van der Waals surface area contributed by atoms with Crippen LogP contribution in [0.3, 0.4) is 0 Å². The van der Waals surface area contributed by atoms with E-state index < -0.39 is 0 Å². The molecule has 7 heteroatoms. The van der Waals surface area contributed by atoms with Crippen LogP contribution in [0.1, 0.15) is 28.8 Å². The van der Waals surface area contributed by atoms with Gasteiger partial charge in [-0.2, -0.15) is 0 Å². The summed E-state index contributed by atoms with van der Waals surface area (Å²) in [5.41, 5.74) is 1.51. The van der Waals surface area contributed by atoms with Crippen molar-refractivity contribution in [3.63, 3.8) is 0 Å². The first-order chi connectivity index (χ1) is 14.1. The molecule has 0 saturated carbocycles. The van der Waals surface area contributed by atoms with Crippen molar-refractivity contribution in [3.8, 4) is 17.2 Å². The maximum Gasteiger partial charge on any atom is 0.255 e. The van der Waals surface area contributed by atoms with Gasteiger partial charge in [-0.05, 0) is 58.6 Å². The molecule has 0 aromatic heterocycles. The number of carbonyl (C=O) groups is 1. The smallest absolute Gasteiger partial charge is 0.255 e. The largest absolute Gasteiger partial charge is 0.493 e. The molecule has 2 aromatic carbocycles. The summed E-state index contributed by atoms with van der Waals surface area (Å²) in [4.78, 5) is 15.2. The molecule has 6 nitrogen and oxygen atoms in total. The zero-order chi connectivity index (χ0) is 20.8. The van der Waals surface area contributed by atoms with E-state index in [0.29, 0.717) is 35.9 Å². The molecular weight excluding hydrogens is 438 g/mol. The number of amides is 1. The van der Waals surface area contributed by atoms with E-state index in [1.54, 1.807) is 21.3 Å². The number of methoxy groups -OCH3 is 3. The van der Waals surface area contributed by atoms with Gasteiger partial charge < -0.3 is 23.8 Å². The molecule has 1 amide bonds. The topological polar surface area (TPSA) is 57.2 Å². The van der Waals surface area contributed by atoms with Gasteiger partial charge in [-0.3, -0.25) is 4.79 Å². The number of benzene rings is 2.